The lowest BCUT2D eigenvalue weighted by atomic mass is 10.1. The van der Waals surface area contributed by atoms with E-state index in [9.17, 15) is 0 Å². The van der Waals surface area contributed by atoms with Gasteiger partial charge in [-0.2, -0.15) is 16.7 Å². The first-order valence-electron chi connectivity index (χ1n) is 5.88. The first-order valence-corrected chi connectivity index (χ1v) is 7.27. The number of hydrogen-bond acceptors (Lipinski definition) is 5. The smallest absolute Gasteiger partial charge is 0.260 e. The van der Waals surface area contributed by atoms with Gasteiger partial charge in [0, 0.05) is 5.69 Å². The number of nitrogens with zero attached hydrogens (tertiary/aromatic N) is 2. The van der Waals surface area contributed by atoms with Gasteiger partial charge in [-0.3, -0.25) is 0 Å². The van der Waals surface area contributed by atoms with Gasteiger partial charge in [-0.05, 0) is 29.2 Å². The topological polar surface area (TPSA) is 64.9 Å². The lowest BCUT2D eigenvalue weighted by Crippen LogP contribution is -1.91. The molecule has 0 atom stereocenters. The highest BCUT2D eigenvalue weighted by Gasteiger charge is 2.12. The Morgan fingerprint density at radius 2 is 1.95 bits per heavy atom. The molecular formula is C14H13N3OS. The van der Waals surface area contributed by atoms with Gasteiger partial charge >= 0.3 is 0 Å². The Labute approximate surface area is 115 Å². The number of fused-ring (bicyclic) bond motifs is 1. The van der Waals surface area contributed by atoms with Crippen molar-refractivity contribution in [3.8, 4) is 11.5 Å². The average Bonchev–Trinajstić information content (AvgIpc) is 2.87. The summed E-state index contributed by atoms with van der Waals surface area (Å²) in [5, 5.41) is 6.15. The molecule has 0 bridgehead atoms. The highest BCUT2D eigenvalue weighted by Crippen LogP contribution is 2.29. The van der Waals surface area contributed by atoms with Crippen LogP contribution in [0, 0.1) is 0 Å². The van der Waals surface area contributed by atoms with Crippen LogP contribution in [-0.2, 0) is 5.75 Å². The van der Waals surface area contributed by atoms with Gasteiger partial charge in [-0.25, -0.2) is 0 Å². The van der Waals surface area contributed by atoms with Gasteiger partial charge in [0.05, 0.1) is 11.3 Å². The van der Waals surface area contributed by atoms with Crippen molar-refractivity contribution in [2.45, 2.75) is 5.75 Å². The third-order valence-electron chi connectivity index (χ3n) is 2.89. The molecule has 3 aromatic rings. The van der Waals surface area contributed by atoms with E-state index in [1.54, 1.807) is 11.8 Å². The Balaban J connectivity index is 2.10. The van der Waals surface area contributed by atoms with Gasteiger partial charge in [0.15, 0.2) is 5.82 Å². The maximum atomic E-state index is 6.07. The molecule has 0 saturated carbocycles. The third-order valence-corrected chi connectivity index (χ3v) is 3.44. The predicted octanol–water partition coefficient (Wildman–Crippen LogP) is 3.34. The van der Waals surface area contributed by atoms with Gasteiger partial charge in [0.25, 0.3) is 5.89 Å². The van der Waals surface area contributed by atoms with E-state index in [1.807, 2.05) is 42.7 Å². The molecule has 0 aliphatic carbocycles. The summed E-state index contributed by atoms with van der Waals surface area (Å²) in [6.07, 6.45) is 2.00. The van der Waals surface area contributed by atoms with Crippen LogP contribution < -0.4 is 5.73 Å². The fourth-order valence-electron chi connectivity index (χ4n) is 1.99. The van der Waals surface area contributed by atoms with Gasteiger partial charge in [0.2, 0.25) is 0 Å². The molecule has 2 N–H and O–H groups in total. The van der Waals surface area contributed by atoms with Crippen LogP contribution in [0.3, 0.4) is 0 Å². The second-order valence-electron chi connectivity index (χ2n) is 4.24. The second-order valence-corrected chi connectivity index (χ2v) is 5.10. The quantitative estimate of drug-likeness (QED) is 0.740. The molecule has 1 aromatic heterocycles. The van der Waals surface area contributed by atoms with E-state index in [1.165, 1.54) is 0 Å². The molecule has 0 amide bonds. The van der Waals surface area contributed by atoms with Crippen LogP contribution in [0.25, 0.3) is 22.2 Å². The van der Waals surface area contributed by atoms with Crippen LogP contribution in [-0.4, -0.2) is 16.4 Å². The number of nitrogen functional groups attached to an aromatic ring is 1. The number of nitrogens with two attached hydrogens (primary N) is 1. The van der Waals surface area contributed by atoms with Gasteiger partial charge < -0.3 is 10.3 Å². The summed E-state index contributed by atoms with van der Waals surface area (Å²) in [4.78, 5) is 4.36. The number of anilines is 1. The first kappa shape index (κ1) is 12.0. The highest BCUT2D eigenvalue weighted by molar-refractivity contribution is 7.97. The lowest BCUT2D eigenvalue weighted by Gasteiger charge is -2.03. The second kappa shape index (κ2) is 4.93. The van der Waals surface area contributed by atoms with Crippen molar-refractivity contribution in [3.05, 3.63) is 42.2 Å². The van der Waals surface area contributed by atoms with Crippen LogP contribution in [0.5, 0.6) is 0 Å². The number of thioether (sulfide) groups is 1. The van der Waals surface area contributed by atoms with Gasteiger partial charge in [0.1, 0.15) is 0 Å². The standard InChI is InChI=1S/C14H13N3OS/c1-19-8-13-16-14(18-17-13)11-6-9-4-2-3-5-10(9)7-12(11)15/h2-7H,8,15H2,1H3. The largest absolute Gasteiger partial charge is 0.398 e. The van der Waals surface area contributed by atoms with Crippen LogP contribution in [0.15, 0.2) is 40.9 Å². The Hall–Kier alpha value is -2.01. The van der Waals surface area contributed by atoms with E-state index in [0.717, 1.165) is 22.1 Å². The zero-order valence-corrected chi connectivity index (χ0v) is 11.3. The van der Waals surface area contributed by atoms with Crippen molar-refractivity contribution in [3.63, 3.8) is 0 Å². The molecule has 96 valence electrons. The van der Waals surface area contributed by atoms with Crippen LogP contribution in [0.1, 0.15) is 5.82 Å². The SMILES string of the molecule is CSCc1noc(-c2cc3ccccc3cc2N)n1. The van der Waals surface area contributed by atoms with Gasteiger partial charge in [-0.15, -0.1) is 0 Å². The maximum Gasteiger partial charge on any atom is 0.260 e. The summed E-state index contributed by atoms with van der Waals surface area (Å²) in [5.41, 5.74) is 7.51. The van der Waals surface area contributed by atoms with E-state index in [4.69, 9.17) is 10.3 Å². The zero-order valence-electron chi connectivity index (χ0n) is 10.5. The zero-order chi connectivity index (χ0) is 13.2. The first-order chi connectivity index (χ1) is 9.28. The number of benzene rings is 2. The average molecular weight is 271 g/mol. The minimum Gasteiger partial charge on any atom is -0.398 e. The van der Waals surface area contributed by atoms with Crippen molar-refractivity contribution in [1.82, 2.24) is 10.1 Å². The molecule has 19 heavy (non-hydrogen) atoms. The molecule has 0 saturated heterocycles. The summed E-state index contributed by atoms with van der Waals surface area (Å²) in [6, 6.07) is 12.0. The van der Waals surface area contributed by atoms with Crippen molar-refractivity contribution < 1.29 is 4.52 Å². The summed E-state index contributed by atoms with van der Waals surface area (Å²) >= 11 is 1.65. The van der Waals surface area contributed by atoms with Crippen molar-refractivity contribution in [1.29, 1.82) is 0 Å². The summed E-state index contributed by atoms with van der Waals surface area (Å²) in [5.74, 6) is 1.90. The van der Waals surface area contributed by atoms with Gasteiger partial charge in [-0.1, -0.05) is 29.4 Å². The minimum atomic E-state index is 0.479. The molecule has 0 radical (unpaired) electrons. The fraction of sp³-hybridized carbons (Fsp3) is 0.143. The Morgan fingerprint density at radius 3 is 2.68 bits per heavy atom. The van der Waals surface area contributed by atoms with E-state index >= 15 is 0 Å². The van der Waals surface area contributed by atoms with E-state index in [-0.39, 0.29) is 0 Å². The summed E-state index contributed by atoms with van der Waals surface area (Å²) in [6.45, 7) is 0. The summed E-state index contributed by atoms with van der Waals surface area (Å²) in [7, 11) is 0. The molecule has 4 nitrogen and oxygen atoms in total. The van der Waals surface area contributed by atoms with Crippen molar-refractivity contribution >= 4 is 28.2 Å². The number of aromatic nitrogens is 2. The van der Waals surface area contributed by atoms with Crippen LogP contribution in [0.2, 0.25) is 0 Å². The Morgan fingerprint density at radius 1 is 1.21 bits per heavy atom. The lowest BCUT2D eigenvalue weighted by molar-refractivity contribution is 0.425. The van der Waals surface area contributed by atoms with Crippen molar-refractivity contribution in [2.75, 3.05) is 12.0 Å². The monoisotopic (exact) mass is 271 g/mol. The fourth-order valence-corrected chi connectivity index (χ4v) is 2.37. The normalized spacial score (nSPS) is 11.0. The Kier molecular flexibility index (Phi) is 3.13. The summed E-state index contributed by atoms with van der Waals surface area (Å²) < 4.78 is 5.28. The molecule has 0 spiro atoms. The molecular weight excluding hydrogens is 258 g/mol. The highest BCUT2D eigenvalue weighted by atomic mass is 32.2. The molecule has 0 fully saturated rings. The van der Waals surface area contributed by atoms with E-state index < -0.39 is 0 Å². The molecule has 0 aliphatic rings. The molecule has 2 aromatic carbocycles. The van der Waals surface area contributed by atoms with Crippen LogP contribution >= 0.6 is 11.8 Å². The van der Waals surface area contributed by atoms with E-state index in [0.29, 0.717) is 17.4 Å². The van der Waals surface area contributed by atoms with Crippen LogP contribution in [0.4, 0.5) is 5.69 Å². The molecule has 0 unspecified atom stereocenters. The molecule has 1 heterocycles. The maximum absolute atomic E-state index is 6.07. The molecule has 5 heteroatoms. The number of rotatable bonds is 3. The minimum absolute atomic E-state index is 0.479. The Bertz CT molecular complexity index is 724. The third kappa shape index (κ3) is 2.29. The molecule has 0 aliphatic heterocycles. The number of hydrogen-bond donors (Lipinski definition) is 1. The molecule has 3 rings (SSSR count). The van der Waals surface area contributed by atoms with E-state index in [2.05, 4.69) is 10.1 Å². The van der Waals surface area contributed by atoms with Crippen molar-refractivity contribution in [2.24, 2.45) is 0 Å². The predicted molar refractivity (Wildman–Crippen MR) is 78.9 cm³/mol.